The standard InChI is InChI=1S/C15H13Cl2FN2O/c1-9(6-10-4-2-3-5-13(10)16)20-15(21)12-7-11(18)8-19-14(12)17/h2-5,7-9H,6H2,1H3,(H,20,21). The van der Waals surface area contributed by atoms with Gasteiger partial charge in [0.15, 0.2) is 0 Å². The summed E-state index contributed by atoms with van der Waals surface area (Å²) in [6, 6.07) is 8.28. The Kier molecular flexibility index (Phi) is 5.15. The molecule has 0 bridgehead atoms. The summed E-state index contributed by atoms with van der Waals surface area (Å²) in [4.78, 5) is 15.7. The van der Waals surface area contributed by atoms with Gasteiger partial charge in [0.05, 0.1) is 11.8 Å². The molecule has 1 unspecified atom stereocenters. The summed E-state index contributed by atoms with van der Waals surface area (Å²) in [6.45, 7) is 1.84. The molecule has 0 aliphatic rings. The van der Waals surface area contributed by atoms with E-state index in [1.807, 2.05) is 25.1 Å². The highest BCUT2D eigenvalue weighted by Gasteiger charge is 2.16. The number of rotatable bonds is 4. The van der Waals surface area contributed by atoms with Gasteiger partial charge in [-0.3, -0.25) is 4.79 Å². The van der Waals surface area contributed by atoms with Gasteiger partial charge in [0.2, 0.25) is 0 Å². The highest BCUT2D eigenvalue weighted by Crippen LogP contribution is 2.17. The normalized spacial score (nSPS) is 12.0. The van der Waals surface area contributed by atoms with Gasteiger partial charge < -0.3 is 5.32 Å². The fourth-order valence-electron chi connectivity index (χ4n) is 1.93. The van der Waals surface area contributed by atoms with Gasteiger partial charge in [0.25, 0.3) is 5.91 Å². The molecular formula is C15H13Cl2FN2O. The molecule has 0 saturated heterocycles. The highest BCUT2D eigenvalue weighted by atomic mass is 35.5. The van der Waals surface area contributed by atoms with Crippen LogP contribution in [-0.2, 0) is 6.42 Å². The van der Waals surface area contributed by atoms with Gasteiger partial charge >= 0.3 is 0 Å². The largest absolute Gasteiger partial charge is 0.349 e. The Labute approximate surface area is 132 Å². The zero-order valence-electron chi connectivity index (χ0n) is 11.2. The second-order valence-electron chi connectivity index (χ2n) is 4.66. The van der Waals surface area contributed by atoms with Crippen molar-refractivity contribution < 1.29 is 9.18 Å². The number of hydrogen-bond acceptors (Lipinski definition) is 2. The molecule has 1 N–H and O–H groups in total. The van der Waals surface area contributed by atoms with Gasteiger partial charge in [-0.15, -0.1) is 0 Å². The average molecular weight is 327 g/mol. The van der Waals surface area contributed by atoms with Crippen LogP contribution in [0.1, 0.15) is 22.8 Å². The number of nitrogens with zero attached hydrogens (tertiary/aromatic N) is 1. The summed E-state index contributed by atoms with van der Waals surface area (Å²) in [6.07, 6.45) is 1.53. The molecule has 0 radical (unpaired) electrons. The lowest BCUT2D eigenvalue weighted by molar-refractivity contribution is 0.0939. The monoisotopic (exact) mass is 326 g/mol. The summed E-state index contributed by atoms with van der Waals surface area (Å²) in [5.74, 6) is -1.07. The minimum Gasteiger partial charge on any atom is -0.349 e. The molecular weight excluding hydrogens is 314 g/mol. The first-order chi connectivity index (χ1) is 9.97. The molecule has 0 aliphatic heterocycles. The molecule has 3 nitrogen and oxygen atoms in total. The summed E-state index contributed by atoms with van der Waals surface area (Å²) in [7, 11) is 0. The van der Waals surface area contributed by atoms with E-state index in [9.17, 15) is 9.18 Å². The minimum absolute atomic E-state index is 0.0164. The van der Waals surface area contributed by atoms with E-state index < -0.39 is 11.7 Å². The number of aromatic nitrogens is 1. The van der Waals surface area contributed by atoms with E-state index in [1.54, 1.807) is 6.07 Å². The van der Waals surface area contributed by atoms with Gasteiger partial charge in [-0.1, -0.05) is 41.4 Å². The summed E-state index contributed by atoms with van der Waals surface area (Å²) in [5, 5.41) is 3.37. The molecule has 0 aliphatic carbocycles. The maximum absolute atomic E-state index is 13.1. The SMILES string of the molecule is CC(Cc1ccccc1Cl)NC(=O)c1cc(F)cnc1Cl. The lowest BCUT2D eigenvalue weighted by Crippen LogP contribution is -2.34. The van der Waals surface area contributed by atoms with Crippen molar-refractivity contribution in [2.24, 2.45) is 0 Å². The maximum atomic E-state index is 13.1. The van der Waals surface area contributed by atoms with E-state index in [2.05, 4.69) is 10.3 Å². The van der Waals surface area contributed by atoms with Gasteiger partial charge in [-0.2, -0.15) is 0 Å². The second kappa shape index (κ2) is 6.87. The number of carbonyl (C=O) groups excluding carboxylic acids is 1. The van der Waals surface area contributed by atoms with Crippen molar-refractivity contribution >= 4 is 29.1 Å². The van der Waals surface area contributed by atoms with Crippen molar-refractivity contribution in [2.75, 3.05) is 0 Å². The van der Waals surface area contributed by atoms with Crippen LogP contribution in [0, 0.1) is 5.82 Å². The smallest absolute Gasteiger partial charge is 0.254 e. The Morgan fingerprint density at radius 3 is 2.81 bits per heavy atom. The first-order valence-electron chi connectivity index (χ1n) is 6.32. The number of pyridine rings is 1. The number of carbonyl (C=O) groups is 1. The molecule has 1 amide bonds. The predicted octanol–water partition coefficient (Wildman–Crippen LogP) is 3.89. The van der Waals surface area contributed by atoms with E-state index in [0.29, 0.717) is 11.4 Å². The second-order valence-corrected chi connectivity index (χ2v) is 5.43. The molecule has 1 heterocycles. The van der Waals surface area contributed by atoms with Crippen molar-refractivity contribution in [3.8, 4) is 0 Å². The van der Waals surface area contributed by atoms with Gasteiger partial charge in [0, 0.05) is 11.1 Å². The topological polar surface area (TPSA) is 42.0 Å². The number of benzene rings is 1. The average Bonchev–Trinajstić information content (AvgIpc) is 2.44. The number of halogens is 3. The van der Waals surface area contributed by atoms with Crippen LogP contribution in [0.4, 0.5) is 4.39 Å². The van der Waals surface area contributed by atoms with Crippen molar-refractivity contribution in [1.29, 1.82) is 0 Å². The van der Waals surface area contributed by atoms with Gasteiger partial charge in [-0.25, -0.2) is 9.37 Å². The Bertz CT molecular complexity index is 664. The Balaban J connectivity index is 2.06. The van der Waals surface area contributed by atoms with Crippen LogP contribution in [0.5, 0.6) is 0 Å². The maximum Gasteiger partial charge on any atom is 0.254 e. The quantitative estimate of drug-likeness (QED) is 0.866. The van der Waals surface area contributed by atoms with Crippen molar-refractivity contribution in [1.82, 2.24) is 10.3 Å². The Morgan fingerprint density at radius 2 is 2.10 bits per heavy atom. The fourth-order valence-corrected chi connectivity index (χ4v) is 2.33. The van der Waals surface area contributed by atoms with Crippen molar-refractivity contribution in [2.45, 2.75) is 19.4 Å². The van der Waals surface area contributed by atoms with Gasteiger partial charge in [-0.05, 0) is 31.0 Å². The molecule has 2 rings (SSSR count). The van der Waals surface area contributed by atoms with Crippen LogP contribution in [-0.4, -0.2) is 16.9 Å². The molecule has 1 aromatic heterocycles. The third kappa shape index (κ3) is 4.16. The molecule has 110 valence electrons. The minimum atomic E-state index is -0.608. The van der Waals surface area contributed by atoms with E-state index in [0.717, 1.165) is 17.8 Å². The third-order valence-corrected chi connectivity index (χ3v) is 3.58. The summed E-state index contributed by atoms with van der Waals surface area (Å²) in [5.41, 5.74) is 0.943. The molecule has 0 spiro atoms. The zero-order valence-corrected chi connectivity index (χ0v) is 12.7. The highest BCUT2D eigenvalue weighted by molar-refractivity contribution is 6.32. The summed E-state index contributed by atoms with van der Waals surface area (Å²) >= 11 is 11.9. The lowest BCUT2D eigenvalue weighted by Gasteiger charge is -2.15. The number of hydrogen-bond donors (Lipinski definition) is 1. The lowest BCUT2D eigenvalue weighted by atomic mass is 10.1. The third-order valence-electron chi connectivity index (χ3n) is 2.91. The first-order valence-corrected chi connectivity index (χ1v) is 7.08. The number of amides is 1. The van der Waals surface area contributed by atoms with E-state index in [4.69, 9.17) is 23.2 Å². The summed E-state index contributed by atoms with van der Waals surface area (Å²) < 4.78 is 13.1. The molecule has 0 saturated carbocycles. The van der Waals surface area contributed by atoms with Crippen LogP contribution in [0.3, 0.4) is 0 Å². The number of nitrogens with one attached hydrogen (secondary N) is 1. The van der Waals surface area contributed by atoms with Crippen LogP contribution in [0.2, 0.25) is 10.2 Å². The van der Waals surface area contributed by atoms with Crippen molar-refractivity contribution in [3.63, 3.8) is 0 Å². The molecule has 0 fully saturated rings. The van der Waals surface area contributed by atoms with E-state index in [-0.39, 0.29) is 16.8 Å². The van der Waals surface area contributed by atoms with Crippen LogP contribution in [0.25, 0.3) is 0 Å². The Hall–Kier alpha value is -1.65. The molecule has 1 aromatic carbocycles. The van der Waals surface area contributed by atoms with E-state index >= 15 is 0 Å². The predicted molar refractivity (Wildman–Crippen MR) is 81.3 cm³/mol. The first kappa shape index (κ1) is 15.7. The fraction of sp³-hybridized carbons (Fsp3) is 0.200. The van der Waals surface area contributed by atoms with Crippen LogP contribution >= 0.6 is 23.2 Å². The molecule has 21 heavy (non-hydrogen) atoms. The Morgan fingerprint density at radius 1 is 1.38 bits per heavy atom. The zero-order chi connectivity index (χ0) is 15.4. The van der Waals surface area contributed by atoms with Gasteiger partial charge in [0.1, 0.15) is 11.0 Å². The van der Waals surface area contributed by atoms with Crippen LogP contribution in [0.15, 0.2) is 36.5 Å². The van der Waals surface area contributed by atoms with E-state index in [1.165, 1.54) is 0 Å². The molecule has 2 aromatic rings. The van der Waals surface area contributed by atoms with Crippen molar-refractivity contribution in [3.05, 3.63) is 63.6 Å². The van der Waals surface area contributed by atoms with Crippen LogP contribution < -0.4 is 5.32 Å². The molecule has 6 heteroatoms. The molecule has 1 atom stereocenters.